The van der Waals surface area contributed by atoms with Crippen LogP contribution in [-0.4, -0.2) is 36.1 Å². The first-order valence-electron chi connectivity index (χ1n) is 5.74. The molecule has 1 aromatic rings. The van der Waals surface area contributed by atoms with Gasteiger partial charge in [-0.05, 0) is 25.5 Å². The minimum atomic E-state index is 0.375. The Morgan fingerprint density at radius 3 is 2.94 bits per heavy atom. The van der Waals surface area contributed by atoms with Crippen molar-refractivity contribution in [1.29, 1.82) is 0 Å². The molecule has 0 amide bonds. The van der Waals surface area contributed by atoms with Gasteiger partial charge >= 0.3 is 0 Å². The van der Waals surface area contributed by atoms with E-state index in [1.54, 1.807) is 12.3 Å². The monoisotopic (exact) mass is 274 g/mol. The summed E-state index contributed by atoms with van der Waals surface area (Å²) in [5.74, 6) is 0.967. The van der Waals surface area contributed by atoms with Gasteiger partial charge in [-0.25, -0.2) is 4.98 Å². The van der Waals surface area contributed by atoms with Gasteiger partial charge in [0.2, 0.25) is 5.88 Å². The maximum Gasteiger partial charge on any atom is 0.213 e. The first-order valence-corrected chi connectivity index (χ1v) is 6.65. The summed E-state index contributed by atoms with van der Waals surface area (Å²) in [6.07, 6.45) is 4.21. The van der Waals surface area contributed by atoms with Crippen LogP contribution in [0.2, 0.25) is 5.02 Å². The van der Waals surface area contributed by atoms with Crippen LogP contribution in [0, 0.1) is 0 Å². The van der Waals surface area contributed by atoms with Gasteiger partial charge in [-0.1, -0.05) is 11.6 Å². The summed E-state index contributed by atoms with van der Waals surface area (Å²) in [5.41, 5.74) is 0.855. The Kier molecular flexibility index (Phi) is 4.48. The fourth-order valence-electron chi connectivity index (χ4n) is 1.63. The second-order valence-corrected chi connectivity index (χ2v) is 4.98. The van der Waals surface area contributed by atoms with Gasteiger partial charge in [-0.15, -0.1) is 11.6 Å². The average Bonchev–Trinajstić information content (AvgIpc) is 3.15. The molecule has 1 heterocycles. The molecule has 1 aliphatic rings. The molecule has 17 heavy (non-hydrogen) atoms. The van der Waals surface area contributed by atoms with Crippen LogP contribution in [0.3, 0.4) is 0 Å². The second kappa shape index (κ2) is 5.89. The van der Waals surface area contributed by atoms with Crippen LogP contribution < -0.4 is 4.74 Å². The molecule has 0 saturated heterocycles. The summed E-state index contributed by atoms with van der Waals surface area (Å²) >= 11 is 11.7. The number of halogens is 2. The first-order chi connectivity index (χ1) is 8.20. The number of hydrogen-bond acceptors (Lipinski definition) is 3. The van der Waals surface area contributed by atoms with Crippen molar-refractivity contribution in [2.45, 2.75) is 24.8 Å². The van der Waals surface area contributed by atoms with E-state index in [2.05, 4.69) is 16.9 Å². The third kappa shape index (κ3) is 3.73. The third-order valence-corrected chi connectivity index (χ3v) is 3.55. The van der Waals surface area contributed by atoms with Crippen LogP contribution in [0.4, 0.5) is 0 Å². The lowest BCUT2D eigenvalue weighted by Gasteiger charge is -2.15. The highest BCUT2D eigenvalue weighted by molar-refractivity contribution is 6.32. The van der Waals surface area contributed by atoms with Crippen LogP contribution in [0.25, 0.3) is 0 Å². The van der Waals surface area contributed by atoms with Crippen LogP contribution in [0.15, 0.2) is 12.3 Å². The fourth-order valence-corrected chi connectivity index (χ4v) is 2.09. The zero-order valence-corrected chi connectivity index (χ0v) is 11.3. The highest BCUT2D eigenvalue weighted by Crippen LogP contribution is 2.25. The van der Waals surface area contributed by atoms with E-state index in [-0.39, 0.29) is 0 Å². The molecule has 5 heteroatoms. The van der Waals surface area contributed by atoms with Gasteiger partial charge in [0.1, 0.15) is 6.61 Å². The Hall–Kier alpha value is -0.510. The molecule has 1 saturated carbocycles. The molecule has 0 aromatic carbocycles. The Morgan fingerprint density at radius 2 is 2.29 bits per heavy atom. The molecule has 1 fully saturated rings. The van der Waals surface area contributed by atoms with Gasteiger partial charge in [0, 0.05) is 30.7 Å². The van der Waals surface area contributed by atoms with Crippen molar-refractivity contribution in [3.05, 3.63) is 22.8 Å². The molecule has 2 rings (SSSR count). The molecule has 0 spiro atoms. The third-order valence-electron chi connectivity index (χ3n) is 2.92. The van der Waals surface area contributed by atoms with E-state index in [9.17, 15) is 0 Å². The number of aromatic nitrogens is 1. The van der Waals surface area contributed by atoms with Crippen molar-refractivity contribution in [2.24, 2.45) is 0 Å². The molecular weight excluding hydrogens is 259 g/mol. The van der Waals surface area contributed by atoms with Gasteiger partial charge in [0.25, 0.3) is 0 Å². The number of nitrogens with zero attached hydrogens (tertiary/aromatic N) is 2. The minimum absolute atomic E-state index is 0.375. The molecule has 0 bridgehead atoms. The highest BCUT2D eigenvalue weighted by atomic mass is 35.5. The molecule has 0 atom stereocenters. The molecule has 0 unspecified atom stereocenters. The maximum atomic E-state index is 5.92. The molecule has 0 aliphatic heterocycles. The lowest BCUT2D eigenvalue weighted by molar-refractivity contribution is 0.226. The van der Waals surface area contributed by atoms with E-state index in [1.807, 2.05) is 0 Å². The topological polar surface area (TPSA) is 25.4 Å². The van der Waals surface area contributed by atoms with E-state index >= 15 is 0 Å². The van der Waals surface area contributed by atoms with Gasteiger partial charge in [0.15, 0.2) is 0 Å². The SMILES string of the molecule is CN(CCOc1cc(CCl)c(Cl)cn1)C1CC1. The number of ether oxygens (including phenoxy) is 1. The fraction of sp³-hybridized carbons (Fsp3) is 0.583. The van der Waals surface area contributed by atoms with Crippen molar-refractivity contribution in [3.63, 3.8) is 0 Å². The zero-order chi connectivity index (χ0) is 12.3. The van der Waals surface area contributed by atoms with Crippen LogP contribution in [0.1, 0.15) is 18.4 Å². The summed E-state index contributed by atoms with van der Waals surface area (Å²) in [4.78, 5) is 6.43. The van der Waals surface area contributed by atoms with E-state index in [1.165, 1.54) is 12.8 Å². The smallest absolute Gasteiger partial charge is 0.213 e. The number of pyridine rings is 1. The first kappa shape index (κ1) is 12.9. The lowest BCUT2D eigenvalue weighted by Crippen LogP contribution is -2.26. The highest BCUT2D eigenvalue weighted by Gasteiger charge is 2.25. The Morgan fingerprint density at radius 1 is 1.53 bits per heavy atom. The molecule has 1 aromatic heterocycles. The Bertz CT molecular complexity index is 383. The predicted octanol–water partition coefficient (Wildman–Crippen LogP) is 2.95. The van der Waals surface area contributed by atoms with Crippen LogP contribution >= 0.6 is 23.2 Å². The van der Waals surface area contributed by atoms with Gasteiger partial charge in [-0.2, -0.15) is 0 Å². The summed E-state index contributed by atoms with van der Waals surface area (Å²) in [6.45, 7) is 1.56. The van der Waals surface area contributed by atoms with E-state index in [0.717, 1.165) is 18.2 Å². The normalized spacial score (nSPS) is 15.3. The molecule has 3 nitrogen and oxygen atoms in total. The van der Waals surface area contributed by atoms with Crippen molar-refractivity contribution < 1.29 is 4.74 Å². The average molecular weight is 275 g/mol. The predicted molar refractivity (Wildman–Crippen MR) is 70.0 cm³/mol. The number of rotatable bonds is 6. The van der Waals surface area contributed by atoms with Gasteiger partial charge in [-0.3, -0.25) is 0 Å². The second-order valence-electron chi connectivity index (χ2n) is 4.31. The lowest BCUT2D eigenvalue weighted by atomic mass is 10.3. The largest absolute Gasteiger partial charge is 0.476 e. The summed E-state index contributed by atoms with van der Waals surface area (Å²) < 4.78 is 5.58. The van der Waals surface area contributed by atoms with Crippen molar-refractivity contribution in [3.8, 4) is 5.88 Å². The van der Waals surface area contributed by atoms with Gasteiger partial charge in [0.05, 0.1) is 5.02 Å². The molecular formula is C12H16Cl2N2O. The number of hydrogen-bond donors (Lipinski definition) is 0. The summed E-state index contributed by atoms with van der Waals surface area (Å²) in [7, 11) is 2.13. The molecule has 1 aliphatic carbocycles. The number of likely N-dealkylation sites (N-methyl/N-ethyl adjacent to an activating group) is 1. The maximum absolute atomic E-state index is 5.92. The number of alkyl halides is 1. The molecule has 0 N–H and O–H groups in total. The van der Waals surface area contributed by atoms with E-state index < -0.39 is 0 Å². The molecule has 0 radical (unpaired) electrons. The Balaban J connectivity index is 1.81. The van der Waals surface area contributed by atoms with Gasteiger partial charge < -0.3 is 9.64 Å². The van der Waals surface area contributed by atoms with E-state index in [0.29, 0.717) is 23.4 Å². The minimum Gasteiger partial charge on any atom is -0.476 e. The summed E-state index contributed by atoms with van der Waals surface area (Å²) in [6, 6.07) is 2.56. The standard InChI is InChI=1S/C12H16Cl2N2O/c1-16(10-2-3-10)4-5-17-12-6-9(7-13)11(14)8-15-12/h6,8,10H,2-5,7H2,1H3. The zero-order valence-electron chi connectivity index (χ0n) is 9.83. The van der Waals surface area contributed by atoms with Crippen LogP contribution in [-0.2, 0) is 5.88 Å². The quantitative estimate of drug-likeness (QED) is 0.746. The van der Waals surface area contributed by atoms with E-state index in [4.69, 9.17) is 27.9 Å². The van der Waals surface area contributed by atoms with Crippen molar-refractivity contribution in [1.82, 2.24) is 9.88 Å². The van der Waals surface area contributed by atoms with Crippen LogP contribution in [0.5, 0.6) is 5.88 Å². The molecule has 94 valence electrons. The van der Waals surface area contributed by atoms with Crippen molar-refractivity contribution >= 4 is 23.2 Å². The Labute approximate surface area is 112 Å². The summed E-state index contributed by atoms with van der Waals surface area (Å²) in [5, 5.41) is 0.586. The van der Waals surface area contributed by atoms with Crippen molar-refractivity contribution in [2.75, 3.05) is 20.2 Å².